The van der Waals surface area contributed by atoms with E-state index in [2.05, 4.69) is 36.5 Å². The predicted octanol–water partition coefficient (Wildman–Crippen LogP) is 5.68. The van der Waals surface area contributed by atoms with Crippen LogP contribution in [0, 0.1) is 6.92 Å². The number of hydrogen-bond acceptors (Lipinski definition) is 2. The minimum Gasteiger partial charge on any atom is -0.322 e. The molecule has 126 valence electrons. The van der Waals surface area contributed by atoms with E-state index in [4.69, 9.17) is 0 Å². The first-order valence-electron chi connectivity index (χ1n) is 8.30. The summed E-state index contributed by atoms with van der Waals surface area (Å²) in [6, 6.07) is 25.8. The van der Waals surface area contributed by atoms with Crippen molar-refractivity contribution in [2.24, 2.45) is 0 Å². The molecule has 0 radical (unpaired) electrons. The molecule has 0 aromatic heterocycles. The van der Waals surface area contributed by atoms with Crippen LogP contribution < -0.4 is 5.32 Å². The highest BCUT2D eigenvalue weighted by molar-refractivity contribution is 7.97. The van der Waals surface area contributed by atoms with Crippen LogP contribution in [0.5, 0.6) is 0 Å². The molecule has 2 nitrogen and oxygen atoms in total. The molecule has 1 amide bonds. The summed E-state index contributed by atoms with van der Waals surface area (Å²) >= 11 is 1.89. The van der Waals surface area contributed by atoms with Gasteiger partial charge in [0.2, 0.25) is 0 Å². The van der Waals surface area contributed by atoms with Crippen molar-refractivity contribution in [3.8, 4) is 0 Å². The minimum absolute atomic E-state index is 0.0784. The van der Waals surface area contributed by atoms with Gasteiger partial charge in [0.25, 0.3) is 5.91 Å². The van der Waals surface area contributed by atoms with E-state index in [1.807, 2.05) is 66.4 Å². The Morgan fingerprint density at radius 1 is 0.840 bits per heavy atom. The summed E-state index contributed by atoms with van der Waals surface area (Å²) in [5, 5.41) is 2.90. The van der Waals surface area contributed by atoms with Gasteiger partial charge in [-0.05, 0) is 47.9 Å². The lowest BCUT2D eigenvalue weighted by Gasteiger charge is -2.07. The summed E-state index contributed by atoms with van der Waals surface area (Å²) in [6.07, 6.45) is 0. The topological polar surface area (TPSA) is 29.1 Å². The van der Waals surface area contributed by atoms with Crippen LogP contribution in [0.15, 0.2) is 78.9 Å². The highest BCUT2D eigenvalue weighted by Gasteiger charge is 2.06. The maximum absolute atomic E-state index is 12.2. The first-order chi connectivity index (χ1) is 12.2. The molecule has 3 aromatic rings. The smallest absolute Gasteiger partial charge is 0.255 e. The molecule has 0 saturated carbocycles. The van der Waals surface area contributed by atoms with E-state index in [1.54, 1.807) is 0 Å². The molecule has 0 atom stereocenters. The zero-order chi connectivity index (χ0) is 17.5. The van der Waals surface area contributed by atoms with E-state index in [-0.39, 0.29) is 5.91 Å². The molecule has 0 aliphatic rings. The molecule has 0 aliphatic heterocycles. The second kappa shape index (κ2) is 8.54. The first-order valence-corrected chi connectivity index (χ1v) is 9.45. The van der Waals surface area contributed by atoms with Crippen molar-refractivity contribution >= 4 is 23.4 Å². The third-order valence-electron chi connectivity index (χ3n) is 4.04. The van der Waals surface area contributed by atoms with Crippen molar-refractivity contribution in [3.05, 3.63) is 101 Å². The maximum Gasteiger partial charge on any atom is 0.255 e. The van der Waals surface area contributed by atoms with Gasteiger partial charge in [0, 0.05) is 22.8 Å². The van der Waals surface area contributed by atoms with Gasteiger partial charge in [-0.1, -0.05) is 54.6 Å². The van der Waals surface area contributed by atoms with Crippen molar-refractivity contribution < 1.29 is 4.79 Å². The molecule has 0 unspecified atom stereocenters. The van der Waals surface area contributed by atoms with Crippen LogP contribution in [0.25, 0.3) is 0 Å². The van der Waals surface area contributed by atoms with Crippen molar-refractivity contribution in [2.45, 2.75) is 18.4 Å². The van der Waals surface area contributed by atoms with Crippen LogP contribution in [0.4, 0.5) is 5.69 Å². The van der Waals surface area contributed by atoms with Crippen LogP contribution in [0.3, 0.4) is 0 Å². The predicted molar refractivity (Wildman–Crippen MR) is 107 cm³/mol. The van der Waals surface area contributed by atoms with E-state index >= 15 is 0 Å². The highest BCUT2D eigenvalue weighted by atomic mass is 32.2. The Hall–Kier alpha value is -2.52. The largest absolute Gasteiger partial charge is 0.322 e. The molecule has 3 heteroatoms. The summed E-state index contributed by atoms with van der Waals surface area (Å²) in [5.74, 6) is 1.86. The lowest BCUT2D eigenvalue weighted by atomic mass is 10.1. The van der Waals surface area contributed by atoms with Gasteiger partial charge >= 0.3 is 0 Å². The molecule has 3 aromatic carbocycles. The Labute approximate surface area is 153 Å². The van der Waals surface area contributed by atoms with Crippen molar-refractivity contribution in [2.75, 3.05) is 5.32 Å². The van der Waals surface area contributed by atoms with E-state index < -0.39 is 0 Å². The SMILES string of the molecule is Cc1ccccc1CSCc1ccc(C(=O)Nc2ccccc2)cc1. The molecule has 3 rings (SSSR count). The number of anilines is 1. The average molecular weight is 347 g/mol. The standard InChI is InChI=1S/C22H21NOS/c1-17-7-5-6-8-20(17)16-25-15-18-11-13-19(14-12-18)22(24)23-21-9-3-2-4-10-21/h2-14H,15-16H2,1H3,(H,23,24). The van der Waals surface area contributed by atoms with Gasteiger partial charge in [-0.2, -0.15) is 11.8 Å². The van der Waals surface area contributed by atoms with Gasteiger partial charge < -0.3 is 5.32 Å². The van der Waals surface area contributed by atoms with Crippen LogP contribution >= 0.6 is 11.8 Å². The lowest BCUT2D eigenvalue weighted by Crippen LogP contribution is -2.11. The fraction of sp³-hybridized carbons (Fsp3) is 0.136. The lowest BCUT2D eigenvalue weighted by molar-refractivity contribution is 0.102. The average Bonchev–Trinajstić information content (AvgIpc) is 2.65. The Kier molecular flexibility index (Phi) is 5.91. The van der Waals surface area contributed by atoms with Gasteiger partial charge in [-0.3, -0.25) is 4.79 Å². The number of carbonyl (C=O) groups excluding carboxylic acids is 1. The second-order valence-electron chi connectivity index (χ2n) is 5.94. The highest BCUT2D eigenvalue weighted by Crippen LogP contribution is 2.20. The summed E-state index contributed by atoms with van der Waals surface area (Å²) in [7, 11) is 0. The summed E-state index contributed by atoms with van der Waals surface area (Å²) in [6.45, 7) is 2.15. The van der Waals surface area contributed by atoms with Crippen molar-refractivity contribution in [1.82, 2.24) is 0 Å². The van der Waals surface area contributed by atoms with Crippen molar-refractivity contribution in [1.29, 1.82) is 0 Å². The number of nitrogens with one attached hydrogen (secondary N) is 1. The molecule has 0 fully saturated rings. The van der Waals surface area contributed by atoms with E-state index in [0.717, 1.165) is 17.2 Å². The van der Waals surface area contributed by atoms with Gasteiger partial charge in [-0.25, -0.2) is 0 Å². The third-order valence-corrected chi connectivity index (χ3v) is 5.09. The summed E-state index contributed by atoms with van der Waals surface area (Å²) < 4.78 is 0. The third kappa shape index (κ3) is 4.97. The van der Waals surface area contributed by atoms with E-state index in [9.17, 15) is 4.79 Å². The van der Waals surface area contributed by atoms with Crippen LogP contribution in [0.1, 0.15) is 27.0 Å². The van der Waals surface area contributed by atoms with Gasteiger partial charge in [0.1, 0.15) is 0 Å². The fourth-order valence-corrected chi connectivity index (χ4v) is 3.60. The number of thioether (sulfide) groups is 1. The Bertz CT molecular complexity index is 828. The zero-order valence-corrected chi connectivity index (χ0v) is 15.1. The van der Waals surface area contributed by atoms with E-state index in [0.29, 0.717) is 5.56 Å². The molecule has 0 heterocycles. The van der Waals surface area contributed by atoms with Crippen LogP contribution in [0.2, 0.25) is 0 Å². The van der Waals surface area contributed by atoms with E-state index in [1.165, 1.54) is 16.7 Å². The number of aryl methyl sites for hydroxylation is 1. The maximum atomic E-state index is 12.2. The Morgan fingerprint density at radius 3 is 2.24 bits per heavy atom. The Morgan fingerprint density at radius 2 is 1.52 bits per heavy atom. The minimum atomic E-state index is -0.0784. The van der Waals surface area contributed by atoms with Gasteiger partial charge in [0.15, 0.2) is 0 Å². The first kappa shape index (κ1) is 17.3. The molecular weight excluding hydrogens is 326 g/mol. The quantitative estimate of drug-likeness (QED) is 0.621. The zero-order valence-electron chi connectivity index (χ0n) is 14.2. The number of benzene rings is 3. The van der Waals surface area contributed by atoms with Gasteiger partial charge in [-0.15, -0.1) is 0 Å². The monoisotopic (exact) mass is 347 g/mol. The summed E-state index contributed by atoms with van der Waals surface area (Å²) in [4.78, 5) is 12.2. The van der Waals surface area contributed by atoms with Gasteiger partial charge in [0.05, 0.1) is 0 Å². The van der Waals surface area contributed by atoms with Crippen molar-refractivity contribution in [3.63, 3.8) is 0 Å². The summed E-state index contributed by atoms with van der Waals surface area (Å²) in [5.41, 5.74) is 5.44. The molecule has 0 bridgehead atoms. The fourth-order valence-electron chi connectivity index (χ4n) is 2.53. The number of hydrogen-bond donors (Lipinski definition) is 1. The Balaban J connectivity index is 1.53. The number of amides is 1. The second-order valence-corrected chi connectivity index (χ2v) is 6.92. The van der Waals surface area contributed by atoms with Crippen LogP contribution in [-0.2, 0) is 11.5 Å². The number of rotatable bonds is 6. The molecule has 0 aliphatic carbocycles. The molecule has 0 spiro atoms. The molecular formula is C22H21NOS. The molecule has 0 saturated heterocycles. The number of carbonyl (C=O) groups is 1. The molecule has 25 heavy (non-hydrogen) atoms. The normalized spacial score (nSPS) is 10.4. The van der Waals surface area contributed by atoms with Crippen LogP contribution in [-0.4, -0.2) is 5.91 Å². The molecule has 1 N–H and O–H groups in total. The number of para-hydroxylation sites is 1.